The van der Waals surface area contributed by atoms with Crippen LogP contribution in [0.25, 0.3) is 10.9 Å². The van der Waals surface area contributed by atoms with Crippen LogP contribution in [0.4, 0.5) is 5.69 Å². The van der Waals surface area contributed by atoms with E-state index in [1.54, 1.807) is 30.5 Å². The van der Waals surface area contributed by atoms with Crippen molar-refractivity contribution < 1.29 is 17.9 Å². The van der Waals surface area contributed by atoms with E-state index in [-0.39, 0.29) is 16.5 Å². The Morgan fingerprint density at radius 2 is 1.84 bits per heavy atom. The van der Waals surface area contributed by atoms with Crippen molar-refractivity contribution in [1.29, 1.82) is 0 Å². The van der Waals surface area contributed by atoms with Gasteiger partial charge >= 0.3 is 0 Å². The number of nitrogens with zero attached hydrogens (tertiary/aromatic N) is 2. The highest BCUT2D eigenvalue weighted by atomic mass is 35.5. The predicted octanol–water partition coefficient (Wildman–Crippen LogP) is 4.34. The molecule has 1 aromatic heterocycles. The molecule has 2 aromatic carbocycles. The summed E-state index contributed by atoms with van der Waals surface area (Å²) in [5.74, 6) is -0.0329. The number of pyridine rings is 1. The second-order valence-corrected chi connectivity index (χ2v) is 9.76. The minimum atomic E-state index is -3.71. The minimum absolute atomic E-state index is 0.0253. The van der Waals surface area contributed by atoms with Crippen molar-refractivity contribution in [3.63, 3.8) is 0 Å². The largest absolute Gasteiger partial charge is 0.481 e. The molecule has 0 spiro atoms. The van der Waals surface area contributed by atoms with Crippen LogP contribution in [0.3, 0.4) is 0 Å². The van der Waals surface area contributed by atoms with Crippen molar-refractivity contribution in [2.75, 3.05) is 25.0 Å². The van der Waals surface area contributed by atoms with Crippen molar-refractivity contribution in [2.45, 2.75) is 17.7 Å². The first-order chi connectivity index (χ1) is 14.9. The van der Waals surface area contributed by atoms with E-state index >= 15 is 0 Å². The maximum absolute atomic E-state index is 12.8. The Morgan fingerprint density at radius 1 is 1.10 bits per heavy atom. The Balaban J connectivity index is 1.48. The molecular weight excluding hydrogens is 461 g/mol. The third-order valence-corrected chi connectivity index (χ3v) is 7.65. The van der Waals surface area contributed by atoms with Gasteiger partial charge in [-0.25, -0.2) is 8.42 Å². The van der Waals surface area contributed by atoms with E-state index in [4.69, 9.17) is 27.9 Å². The smallest absolute Gasteiger partial charge is 0.262 e. The molecule has 0 aliphatic carbocycles. The molecule has 31 heavy (non-hydrogen) atoms. The lowest BCUT2D eigenvalue weighted by molar-refractivity contribution is -0.118. The van der Waals surface area contributed by atoms with Gasteiger partial charge in [0.2, 0.25) is 10.0 Å². The van der Waals surface area contributed by atoms with E-state index in [0.29, 0.717) is 35.1 Å². The Kier molecular flexibility index (Phi) is 6.34. The second kappa shape index (κ2) is 9.00. The highest BCUT2D eigenvalue weighted by molar-refractivity contribution is 7.89. The standard InChI is InChI=1S/C21H19Cl2N3O4S/c22-16-7-8-18(21-15(16)4-3-9-24-21)30-13-20(27)25-14-5-6-17(23)19(12-14)31(28,29)26-10-1-2-11-26/h3-9,12H,1-2,10-11,13H2,(H,25,27). The van der Waals surface area contributed by atoms with Crippen molar-refractivity contribution in [3.8, 4) is 5.75 Å². The summed E-state index contributed by atoms with van der Waals surface area (Å²) in [7, 11) is -3.71. The number of rotatable bonds is 6. The van der Waals surface area contributed by atoms with Gasteiger partial charge in [0, 0.05) is 30.4 Å². The number of ether oxygens (including phenoxy) is 1. The van der Waals surface area contributed by atoms with E-state index < -0.39 is 15.9 Å². The molecule has 3 aromatic rings. The topological polar surface area (TPSA) is 88.6 Å². The van der Waals surface area contributed by atoms with Gasteiger partial charge in [-0.2, -0.15) is 4.31 Å². The number of halogens is 2. The van der Waals surface area contributed by atoms with Gasteiger partial charge in [0.15, 0.2) is 6.61 Å². The third kappa shape index (κ3) is 4.62. The van der Waals surface area contributed by atoms with E-state index in [2.05, 4.69) is 10.3 Å². The first kappa shape index (κ1) is 21.8. The van der Waals surface area contributed by atoms with Gasteiger partial charge < -0.3 is 10.1 Å². The number of carbonyl (C=O) groups excluding carboxylic acids is 1. The first-order valence-electron chi connectivity index (χ1n) is 9.62. The molecule has 1 aliphatic heterocycles. The average Bonchev–Trinajstić information content (AvgIpc) is 3.31. The molecule has 0 radical (unpaired) electrons. The fourth-order valence-electron chi connectivity index (χ4n) is 3.42. The van der Waals surface area contributed by atoms with Crippen LogP contribution in [0, 0.1) is 0 Å². The Hall–Kier alpha value is -2.39. The number of amides is 1. The SMILES string of the molecule is O=C(COc1ccc(Cl)c2cccnc12)Nc1ccc(Cl)c(S(=O)(=O)N2CCCC2)c1. The zero-order valence-corrected chi connectivity index (χ0v) is 18.7. The highest BCUT2D eigenvalue weighted by Crippen LogP contribution is 2.31. The zero-order valence-electron chi connectivity index (χ0n) is 16.3. The molecule has 4 rings (SSSR count). The lowest BCUT2D eigenvalue weighted by atomic mass is 10.2. The zero-order chi connectivity index (χ0) is 22.0. The Labute approximate surface area is 190 Å². The number of anilines is 1. The number of sulfonamides is 1. The lowest BCUT2D eigenvalue weighted by Gasteiger charge is -2.17. The van der Waals surface area contributed by atoms with Gasteiger partial charge in [-0.1, -0.05) is 23.2 Å². The van der Waals surface area contributed by atoms with Crippen LogP contribution in [0.1, 0.15) is 12.8 Å². The summed E-state index contributed by atoms with van der Waals surface area (Å²) < 4.78 is 32.7. The van der Waals surface area contributed by atoms with Crippen molar-refractivity contribution in [2.24, 2.45) is 0 Å². The number of fused-ring (bicyclic) bond motifs is 1. The molecule has 1 fully saturated rings. The van der Waals surface area contributed by atoms with E-state index in [1.165, 1.54) is 16.4 Å². The molecule has 162 valence electrons. The van der Waals surface area contributed by atoms with Crippen LogP contribution < -0.4 is 10.1 Å². The van der Waals surface area contributed by atoms with Gasteiger partial charge in [-0.3, -0.25) is 9.78 Å². The molecule has 0 bridgehead atoms. The average molecular weight is 480 g/mol. The quantitative estimate of drug-likeness (QED) is 0.567. The second-order valence-electron chi connectivity index (χ2n) is 7.04. The summed E-state index contributed by atoms with van der Waals surface area (Å²) in [6.07, 6.45) is 3.25. The van der Waals surface area contributed by atoms with E-state index in [9.17, 15) is 13.2 Å². The monoisotopic (exact) mass is 479 g/mol. The van der Waals surface area contributed by atoms with E-state index in [1.807, 2.05) is 6.07 Å². The molecule has 1 saturated heterocycles. The van der Waals surface area contributed by atoms with Crippen LogP contribution in [-0.4, -0.2) is 43.3 Å². The summed E-state index contributed by atoms with van der Waals surface area (Å²) >= 11 is 12.3. The van der Waals surface area contributed by atoms with Crippen LogP contribution in [-0.2, 0) is 14.8 Å². The number of benzene rings is 2. The number of aromatic nitrogens is 1. The fraction of sp³-hybridized carbons (Fsp3) is 0.238. The minimum Gasteiger partial charge on any atom is -0.481 e. The maximum atomic E-state index is 12.8. The summed E-state index contributed by atoms with van der Waals surface area (Å²) in [5.41, 5.74) is 0.864. The van der Waals surface area contributed by atoms with Gasteiger partial charge in [-0.15, -0.1) is 0 Å². The van der Waals surface area contributed by atoms with Gasteiger partial charge in [0.05, 0.1) is 10.0 Å². The van der Waals surface area contributed by atoms with Crippen LogP contribution in [0.5, 0.6) is 5.75 Å². The molecule has 1 N–H and O–H groups in total. The van der Waals surface area contributed by atoms with Crippen molar-refractivity contribution in [3.05, 3.63) is 58.7 Å². The fourth-order valence-corrected chi connectivity index (χ4v) is 5.65. The molecule has 2 heterocycles. The molecule has 0 saturated carbocycles. The number of carbonyl (C=O) groups is 1. The summed E-state index contributed by atoms with van der Waals surface area (Å²) in [4.78, 5) is 16.7. The molecule has 0 atom stereocenters. The van der Waals surface area contributed by atoms with Crippen LogP contribution >= 0.6 is 23.2 Å². The van der Waals surface area contributed by atoms with Crippen molar-refractivity contribution >= 4 is 55.7 Å². The predicted molar refractivity (Wildman–Crippen MR) is 120 cm³/mol. The number of hydrogen-bond donors (Lipinski definition) is 1. The Morgan fingerprint density at radius 3 is 2.61 bits per heavy atom. The van der Waals surface area contributed by atoms with E-state index in [0.717, 1.165) is 18.2 Å². The molecule has 1 aliphatic rings. The molecular formula is C21H19Cl2N3O4S. The third-order valence-electron chi connectivity index (χ3n) is 4.94. The summed E-state index contributed by atoms with van der Waals surface area (Å²) in [5, 5.41) is 4.01. The summed E-state index contributed by atoms with van der Waals surface area (Å²) in [6.45, 7) is 0.641. The van der Waals surface area contributed by atoms with Gasteiger partial charge in [0.1, 0.15) is 16.2 Å². The first-order valence-corrected chi connectivity index (χ1v) is 11.8. The maximum Gasteiger partial charge on any atom is 0.262 e. The summed E-state index contributed by atoms with van der Waals surface area (Å²) in [6, 6.07) is 11.3. The van der Waals surface area contributed by atoms with Gasteiger partial charge in [0.25, 0.3) is 5.91 Å². The highest BCUT2D eigenvalue weighted by Gasteiger charge is 2.29. The molecule has 10 heteroatoms. The van der Waals surface area contributed by atoms with Crippen LogP contribution in [0.2, 0.25) is 10.0 Å². The lowest BCUT2D eigenvalue weighted by Crippen LogP contribution is -2.28. The van der Waals surface area contributed by atoms with Crippen LogP contribution in [0.15, 0.2) is 53.6 Å². The molecule has 7 nitrogen and oxygen atoms in total. The number of hydrogen-bond acceptors (Lipinski definition) is 5. The molecule has 0 unspecified atom stereocenters. The normalized spacial score (nSPS) is 14.6. The molecule has 1 amide bonds. The van der Waals surface area contributed by atoms with Crippen molar-refractivity contribution in [1.82, 2.24) is 9.29 Å². The Bertz CT molecular complexity index is 1240. The van der Waals surface area contributed by atoms with Gasteiger partial charge in [-0.05, 0) is 55.3 Å². The number of nitrogens with one attached hydrogen (secondary N) is 1.